The van der Waals surface area contributed by atoms with E-state index in [0.717, 1.165) is 19.3 Å². The predicted molar refractivity (Wildman–Crippen MR) is 44.1 cm³/mol. The first-order chi connectivity index (χ1) is 4.81. The van der Waals surface area contributed by atoms with E-state index in [2.05, 4.69) is 6.92 Å². The lowest BCUT2D eigenvalue weighted by molar-refractivity contribution is -0.114. The Morgan fingerprint density at radius 2 is 2.20 bits per heavy atom. The van der Waals surface area contributed by atoms with Crippen LogP contribution in [0.1, 0.15) is 32.6 Å². The minimum atomic E-state index is 0.128. The Hall–Kier alpha value is -0.300. The maximum atomic E-state index is 10.7. The Bertz CT molecular complexity index is 118. The van der Waals surface area contributed by atoms with Gasteiger partial charge < -0.3 is 0 Å². The van der Waals surface area contributed by atoms with Crippen LogP contribution in [0.3, 0.4) is 0 Å². The minimum absolute atomic E-state index is 0.128. The summed E-state index contributed by atoms with van der Waals surface area (Å²) in [5, 5.41) is 0. The van der Waals surface area contributed by atoms with Crippen molar-refractivity contribution in [3.63, 3.8) is 0 Å². The number of rotatable bonds is 5. The molecule has 0 amide bonds. The number of hydrogen-bond donors (Lipinski definition) is 0. The van der Waals surface area contributed by atoms with Crippen LogP contribution < -0.4 is 0 Å². The average Bonchev–Trinajstić information content (AvgIpc) is 1.89. The van der Waals surface area contributed by atoms with Crippen molar-refractivity contribution in [2.45, 2.75) is 32.6 Å². The zero-order chi connectivity index (χ0) is 7.82. The van der Waals surface area contributed by atoms with Crippen molar-refractivity contribution < 1.29 is 4.79 Å². The molecule has 0 aliphatic carbocycles. The van der Waals surface area contributed by atoms with E-state index in [9.17, 15) is 4.79 Å². The zero-order valence-corrected chi connectivity index (χ0v) is 7.03. The molecule has 1 nitrogen and oxygen atoms in total. The molecule has 0 radical (unpaired) electrons. The van der Waals surface area contributed by atoms with Gasteiger partial charge in [0.25, 0.3) is 0 Å². The molecule has 0 aromatic heterocycles. The summed E-state index contributed by atoms with van der Waals surface area (Å²) >= 11 is 5.21. The average molecular weight is 161 g/mol. The van der Waals surface area contributed by atoms with Crippen LogP contribution in [-0.4, -0.2) is 5.78 Å². The topological polar surface area (TPSA) is 17.1 Å². The van der Waals surface area contributed by atoms with Crippen molar-refractivity contribution in [3.05, 3.63) is 11.6 Å². The van der Waals surface area contributed by atoms with Gasteiger partial charge in [-0.25, -0.2) is 0 Å². The molecule has 0 saturated carbocycles. The van der Waals surface area contributed by atoms with Crippen molar-refractivity contribution in [3.8, 4) is 0 Å². The highest BCUT2D eigenvalue weighted by Gasteiger charge is 1.93. The third-order valence-corrected chi connectivity index (χ3v) is 1.40. The first-order valence-corrected chi connectivity index (χ1v) is 4.04. The van der Waals surface area contributed by atoms with E-state index in [0.29, 0.717) is 6.42 Å². The quantitative estimate of drug-likeness (QED) is 0.447. The Balaban J connectivity index is 3.22. The number of carbonyl (C=O) groups is 1. The first-order valence-electron chi connectivity index (χ1n) is 3.61. The summed E-state index contributed by atoms with van der Waals surface area (Å²) in [6.07, 6.45) is 5.31. The number of allylic oxidation sites excluding steroid dienone is 1. The van der Waals surface area contributed by atoms with Crippen molar-refractivity contribution >= 4 is 17.4 Å². The lowest BCUT2D eigenvalue weighted by Crippen LogP contribution is -1.90. The van der Waals surface area contributed by atoms with Crippen LogP contribution >= 0.6 is 11.6 Å². The van der Waals surface area contributed by atoms with E-state index < -0.39 is 0 Å². The molecule has 0 fully saturated rings. The second-order valence-corrected chi connectivity index (χ2v) is 2.47. The van der Waals surface area contributed by atoms with Crippen molar-refractivity contribution in [1.82, 2.24) is 0 Å². The molecule has 2 heteroatoms. The molecule has 0 unspecified atom stereocenters. The van der Waals surface area contributed by atoms with Gasteiger partial charge in [-0.3, -0.25) is 4.79 Å². The highest BCUT2D eigenvalue weighted by Crippen LogP contribution is 2.00. The summed E-state index contributed by atoms with van der Waals surface area (Å²) < 4.78 is 0. The maximum absolute atomic E-state index is 10.7. The van der Waals surface area contributed by atoms with Crippen LogP contribution in [-0.2, 0) is 4.79 Å². The SMILES string of the molecule is CCCCCC(=O)C=CCl. The lowest BCUT2D eigenvalue weighted by atomic mass is 10.1. The summed E-state index contributed by atoms with van der Waals surface area (Å²) in [6.45, 7) is 2.11. The first kappa shape index (κ1) is 9.70. The Morgan fingerprint density at radius 1 is 1.50 bits per heavy atom. The molecule has 0 aliphatic heterocycles. The van der Waals surface area contributed by atoms with Crippen LogP contribution in [0.5, 0.6) is 0 Å². The van der Waals surface area contributed by atoms with Crippen LogP contribution in [0.25, 0.3) is 0 Å². The van der Waals surface area contributed by atoms with Crippen LogP contribution in [0.4, 0.5) is 0 Å². The fraction of sp³-hybridized carbons (Fsp3) is 0.625. The highest BCUT2D eigenvalue weighted by molar-refractivity contribution is 6.26. The molecule has 0 rings (SSSR count). The maximum Gasteiger partial charge on any atom is 0.156 e. The molecule has 10 heavy (non-hydrogen) atoms. The third kappa shape index (κ3) is 5.83. The summed E-state index contributed by atoms with van der Waals surface area (Å²) in [5.74, 6) is 0.128. The van der Waals surface area contributed by atoms with Gasteiger partial charge in [-0.15, -0.1) is 0 Å². The van der Waals surface area contributed by atoms with Crippen molar-refractivity contribution in [2.24, 2.45) is 0 Å². The van der Waals surface area contributed by atoms with Gasteiger partial charge in [0.1, 0.15) is 0 Å². The van der Waals surface area contributed by atoms with Gasteiger partial charge in [-0.1, -0.05) is 31.4 Å². The molecule has 0 aromatic carbocycles. The van der Waals surface area contributed by atoms with E-state index in [1.165, 1.54) is 11.6 Å². The molecule has 58 valence electrons. The van der Waals surface area contributed by atoms with E-state index in [-0.39, 0.29) is 5.78 Å². The third-order valence-electron chi connectivity index (χ3n) is 1.28. The smallest absolute Gasteiger partial charge is 0.156 e. The van der Waals surface area contributed by atoms with Gasteiger partial charge in [0.05, 0.1) is 0 Å². The summed E-state index contributed by atoms with van der Waals surface area (Å²) in [7, 11) is 0. The van der Waals surface area contributed by atoms with E-state index in [1.54, 1.807) is 0 Å². The van der Waals surface area contributed by atoms with Crippen LogP contribution in [0, 0.1) is 0 Å². The highest BCUT2D eigenvalue weighted by atomic mass is 35.5. The van der Waals surface area contributed by atoms with Gasteiger partial charge in [-0.05, 0) is 12.5 Å². The number of hydrogen-bond acceptors (Lipinski definition) is 1. The van der Waals surface area contributed by atoms with Crippen LogP contribution in [0.2, 0.25) is 0 Å². The predicted octanol–water partition coefficient (Wildman–Crippen LogP) is 2.89. The van der Waals surface area contributed by atoms with Gasteiger partial charge in [0.2, 0.25) is 0 Å². The van der Waals surface area contributed by atoms with E-state index in [1.807, 2.05) is 0 Å². The summed E-state index contributed by atoms with van der Waals surface area (Å²) in [5.41, 5.74) is 1.27. The Labute approximate surface area is 67.1 Å². The van der Waals surface area contributed by atoms with Crippen LogP contribution in [0.15, 0.2) is 11.6 Å². The molecular weight excluding hydrogens is 148 g/mol. The van der Waals surface area contributed by atoms with Gasteiger partial charge in [0, 0.05) is 12.0 Å². The lowest BCUT2D eigenvalue weighted by Gasteiger charge is -1.92. The normalized spacial score (nSPS) is 10.6. The standard InChI is InChI=1S/C8H13ClO/c1-2-3-4-5-8(10)6-7-9/h6-7H,2-5H2,1H3. The fourth-order valence-corrected chi connectivity index (χ4v) is 0.843. The summed E-state index contributed by atoms with van der Waals surface area (Å²) in [6, 6.07) is 0. The molecule has 0 spiro atoms. The van der Waals surface area contributed by atoms with Crippen molar-refractivity contribution in [2.75, 3.05) is 0 Å². The number of ketones is 1. The second kappa shape index (κ2) is 6.81. The molecule has 0 aromatic rings. The molecule has 0 aliphatic rings. The van der Waals surface area contributed by atoms with E-state index >= 15 is 0 Å². The Morgan fingerprint density at radius 3 is 2.70 bits per heavy atom. The van der Waals surface area contributed by atoms with Crippen molar-refractivity contribution in [1.29, 1.82) is 0 Å². The second-order valence-electron chi connectivity index (χ2n) is 2.22. The van der Waals surface area contributed by atoms with Gasteiger partial charge in [-0.2, -0.15) is 0 Å². The van der Waals surface area contributed by atoms with Gasteiger partial charge in [0.15, 0.2) is 5.78 Å². The molecular formula is C8H13ClO. The number of unbranched alkanes of at least 4 members (excludes halogenated alkanes) is 2. The monoisotopic (exact) mass is 160 g/mol. The largest absolute Gasteiger partial charge is 0.295 e. The van der Waals surface area contributed by atoms with E-state index in [4.69, 9.17) is 11.6 Å². The molecule has 0 bridgehead atoms. The minimum Gasteiger partial charge on any atom is -0.295 e. The zero-order valence-electron chi connectivity index (χ0n) is 6.27. The molecule has 0 N–H and O–H groups in total. The Kier molecular flexibility index (Phi) is 6.61. The fourth-order valence-electron chi connectivity index (χ4n) is 0.703. The van der Waals surface area contributed by atoms with Gasteiger partial charge >= 0.3 is 0 Å². The molecule has 0 atom stereocenters. The summed E-state index contributed by atoms with van der Waals surface area (Å²) in [4.78, 5) is 10.7. The molecule has 0 heterocycles. The number of halogens is 1. The molecule has 0 saturated heterocycles. The number of carbonyl (C=O) groups excluding carboxylic acids is 1.